The molecule has 0 fully saturated rings. The Balaban J connectivity index is 3.14. The number of nitrogens with two attached hydrogens (primary N) is 1. The summed E-state index contributed by atoms with van der Waals surface area (Å²) in [7, 11) is 0. The maximum Gasteiger partial charge on any atom is 0.203 e. The maximum absolute atomic E-state index is 5.85. The van der Waals surface area contributed by atoms with E-state index in [1.807, 2.05) is 26.8 Å². The fraction of sp³-hybridized carbons (Fsp3) is 0.647. The average molecular weight is 295 g/mol. The van der Waals surface area contributed by atoms with Crippen LogP contribution >= 0.6 is 0 Å². The van der Waals surface area contributed by atoms with E-state index in [-0.39, 0.29) is 0 Å². The zero-order chi connectivity index (χ0) is 15.7. The van der Waals surface area contributed by atoms with Gasteiger partial charge in [-0.25, -0.2) is 0 Å². The summed E-state index contributed by atoms with van der Waals surface area (Å²) in [5, 5.41) is 0. The number of hydrogen-bond donors (Lipinski definition) is 1. The van der Waals surface area contributed by atoms with Crippen molar-refractivity contribution >= 4 is 0 Å². The van der Waals surface area contributed by atoms with Gasteiger partial charge in [-0.2, -0.15) is 0 Å². The first-order valence-corrected chi connectivity index (χ1v) is 7.92. The second-order valence-electron chi connectivity index (χ2n) is 5.07. The van der Waals surface area contributed by atoms with Gasteiger partial charge in [0.05, 0.1) is 19.8 Å². The molecule has 1 atom stereocenters. The van der Waals surface area contributed by atoms with Gasteiger partial charge >= 0.3 is 0 Å². The van der Waals surface area contributed by atoms with Crippen LogP contribution in [0.2, 0.25) is 0 Å². The van der Waals surface area contributed by atoms with Crippen LogP contribution in [-0.2, 0) is 6.42 Å². The largest absolute Gasteiger partial charge is 0.490 e. The summed E-state index contributed by atoms with van der Waals surface area (Å²) in [6.07, 6.45) is 1.93. The van der Waals surface area contributed by atoms with E-state index in [9.17, 15) is 0 Å². The first-order chi connectivity index (χ1) is 10.2. The lowest BCUT2D eigenvalue weighted by Crippen LogP contribution is -2.10. The minimum absolute atomic E-state index is 0.515. The van der Waals surface area contributed by atoms with Crippen LogP contribution in [0.3, 0.4) is 0 Å². The lowest BCUT2D eigenvalue weighted by atomic mass is 9.97. The molecule has 0 bridgehead atoms. The van der Waals surface area contributed by atoms with Crippen LogP contribution in [-0.4, -0.2) is 26.4 Å². The van der Waals surface area contributed by atoms with Crippen molar-refractivity contribution in [3.8, 4) is 17.2 Å². The van der Waals surface area contributed by atoms with Gasteiger partial charge in [-0.15, -0.1) is 0 Å². The molecule has 0 saturated carbocycles. The van der Waals surface area contributed by atoms with Crippen molar-refractivity contribution in [1.29, 1.82) is 0 Å². The molecule has 21 heavy (non-hydrogen) atoms. The summed E-state index contributed by atoms with van der Waals surface area (Å²) < 4.78 is 17.3. The molecule has 1 aromatic rings. The highest BCUT2D eigenvalue weighted by Gasteiger charge is 2.18. The molecule has 4 heteroatoms. The van der Waals surface area contributed by atoms with Crippen LogP contribution < -0.4 is 19.9 Å². The van der Waals surface area contributed by atoms with Crippen LogP contribution in [0, 0.1) is 5.92 Å². The Morgan fingerprint density at radius 2 is 1.57 bits per heavy atom. The molecular formula is C17H29NO3. The van der Waals surface area contributed by atoms with Crippen LogP contribution in [0.25, 0.3) is 0 Å². The Bertz CT molecular complexity index is 421. The van der Waals surface area contributed by atoms with Crippen molar-refractivity contribution in [2.75, 3.05) is 26.4 Å². The quantitative estimate of drug-likeness (QED) is 0.718. The highest BCUT2D eigenvalue weighted by Crippen LogP contribution is 2.41. The number of benzene rings is 1. The van der Waals surface area contributed by atoms with E-state index >= 15 is 0 Å². The molecule has 0 amide bonds. The zero-order valence-electron chi connectivity index (χ0n) is 13.8. The molecule has 0 aliphatic carbocycles. The third-order valence-electron chi connectivity index (χ3n) is 3.26. The molecule has 1 unspecified atom stereocenters. The first kappa shape index (κ1) is 17.6. The summed E-state index contributed by atoms with van der Waals surface area (Å²) in [4.78, 5) is 0. The van der Waals surface area contributed by atoms with Crippen LogP contribution in [0.1, 0.15) is 39.7 Å². The number of hydrogen-bond acceptors (Lipinski definition) is 4. The molecule has 0 saturated heterocycles. The van der Waals surface area contributed by atoms with Crippen molar-refractivity contribution in [2.45, 2.75) is 40.5 Å². The Hall–Kier alpha value is -1.42. The van der Waals surface area contributed by atoms with Crippen LogP contribution in [0.4, 0.5) is 0 Å². The summed E-state index contributed by atoms with van der Waals surface area (Å²) >= 11 is 0. The monoisotopic (exact) mass is 295 g/mol. The lowest BCUT2D eigenvalue weighted by Gasteiger charge is -2.20. The molecule has 2 N–H and O–H groups in total. The molecule has 0 radical (unpaired) electrons. The van der Waals surface area contributed by atoms with Gasteiger partial charge in [0.1, 0.15) is 0 Å². The molecule has 1 rings (SSSR count). The van der Waals surface area contributed by atoms with E-state index < -0.39 is 0 Å². The van der Waals surface area contributed by atoms with E-state index in [1.165, 1.54) is 0 Å². The van der Waals surface area contributed by atoms with Gasteiger partial charge in [0.15, 0.2) is 11.5 Å². The third-order valence-corrected chi connectivity index (χ3v) is 3.26. The average Bonchev–Trinajstić information content (AvgIpc) is 2.45. The zero-order valence-corrected chi connectivity index (χ0v) is 13.8. The van der Waals surface area contributed by atoms with E-state index in [4.69, 9.17) is 19.9 Å². The molecule has 0 heterocycles. The van der Waals surface area contributed by atoms with Gasteiger partial charge in [-0.1, -0.05) is 13.0 Å². The minimum Gasteiger partial charge on any atom is -0.490 e. The topological polar surface area (TPSA) is 53.7 Å². The normalized spacial score (nSPS) is 12.0. The van der Waals surface area contributed by atoms with Crippen LogP contribution in [0.15, 0.2) is 12.1 Å². The Labute approximate surface area is 128 Å². The second-order valence-corrected chi connectivity index (χ2v) is 5.07. The molecule has 0 spiro atoms. The third kappa shape index (κ3) is 5.12. The van der Waals surface area contributed by atoms with Crippen molar-refractivity contribution in [3.05, 3.63) is 17.7 Å². The predicted octanol–water partition coefficient (Wildman–Crippen LogP) is 3.41. The highest BCUT2D eigenvalue weighted by atomic mass is 16.5. The van der Waals surface area contributed by atoms with E-state index in [2.05, 4.69) is 13.0 Å². The van der Waals surface area contributed by atoms with Gasteiger partial charge in [-0.3, -0.25) is 0 Å². The van der Waals surface area contributed by atoms with Gasteiger partial charge in [-0.05, 0) is 57.7 Å². The van der Waals surface area contributed by atoms with E-state index in [1.54, 1.807) is 0 Å². The van der Waals surface area contributed by atoms with Gasteiger partial charge < -0.3 is 19.9 Å². The smallest absolute Gasteiger partial charge is 0.203 e. The fourth-order valence-corrected chi connectivity index (χ4v) is 2.36. The van der Waals surface area contributed by atoms with Crippen molar-refractivity contribution in [3.63, 3.8) is 0 Å². The number of ether oxygens (including phenoxy) is 3. The van der Waals surface area contributed by atoms with Gasteiger partial charge in [0.2, 0.25) is 5.75 Å². The summed E-state index contributed by atoms with van der Waals surface area (Å²) in [5.41, 5.74) is 6.80. The van der Waals surface area contributed by atoms with Crippen LogP contribution in [0.5, 0.6) is 17.2 Å². The predicted molar refractivity (Wildman–Crippen MR) is 86.5 cm³/mol. The summed E-state index contributed by atoms with van der Waals surface area (Å²) in [6, 6.07) is 4.05. The molecule has 0 aliphatic rings. The second kappa shape index (κ2) is 9.50. The standard InChI is InChI=1S/C17H29NO3/c1-5-19-15-9-8-14(12-13(4)10-11-18)16(20-6-2)17(15)21-7-3/h8-9,13H,5-7,10-12,18H2,1-4H3. The highest BCUT2D eigenvalue weighted by molar-refractivity contribution is 5.56. The van der Waals surface area contributed by atoms with Gasteiger partial charge in [0.25, 0.3) is 0 Å². The van der Waals surface area contributed by atoms with E-state index in [0.29, 0.717) is 32.3 Å². The fourth-order valence-electron chi connectivity index (χ4n) is 2.36. The van der Waals surface area contributed by atoms with Crippen molar-refractivity contribution in [1.82, 2.24) is 0 Å². The Morgan fingerprint density at radius 3 is 2.14 bits per heavy atom. The summed E-state index contributed by atoms with van der Waals surface area (Å²) in [6.45, 7) is 10.6. The molecule has 1 aromatic carbocycles. The van der Waals surface area contributed by atoms with Crippen molar-refractivity contribution in [2.24, 2.45) is 11.7 Å². The minimum atomic E-state index is 0.515. The molecule has 4 nitrogen and oxygen atoms in total. The maximum atomic E-state index is 5.85. The Kier molecular flexibility index (Phi) is 7.98. The van der Waals surface area contributed by atoms with E-state index in [0.717, 1.165) is 35.7 Å². The lowest BCUT2D eigenvalue weighted by molar-refractivity contribution is 0.258. The number of rotatable bonds is 10. The molecule has 0 aromatic heterocycles. The summed E-state index contributed by atoms with van der Waals surface area (Å²) in [5.74, 6) is 2.80. The van der Waals surface area contributed by atoms with Gasteiger partial charge in [0, 0.05) is 0 Å². The molecule has 120 valence electrons. The molecule has 0 aliphatic heterocycles. The van der Waals surface area contributed by atoms with Crippen molar-refractivity contribution < 1.29 is 14.2 Å². The Morgan fingerprint density at radius 1 is 0.952 bits per heavy atom. The molecular weight excluding hydrogens is 266 g/mol. The SMILES string of the molecule is CCOc1ccc(CC(C)CCN)c(OCC)c1OCC. The first-order valence-electron chi connectivity index (χ1n) is 7.92.